The molecule has 1 aliphatic carbocycles. The Bertz CT molecular complexity index is 900. The Hall–Kier alpha value is -2.41. The molecule has 1 unspecified atom stereocenters. The first-order valence-electron chi connectivity index (χ1n) is 8.54. The van der Waals surface area contributed by atoms with Gasteiger partial charge in [-0.15, -0.1) is 0 Å². The summed E-state index contributed by atoms with van der Waals surface area (Å²) < 4.78 is 26.8. The Morgan fingerprint density at radius 1 is 1.27 bits per heavy atom. The van der Waals surface area contributed by atoms with Gasteiger partial charge in [-0.05, 0) is 55.9 Å². The van der Waals surface area contributed by atoms with E-state index in [0.717, 1.165) is 29.6 Å². The number of benzene rings is 1. The SMILES string of the molecule is C=C1CC(c2ccc([N+](=O)[O-])cc2)=CC(C)(S(=O)(=O)N2C=CCCC2)C1. The maximum absolute atomic E-state index is 13.2. The third-order valence-corrected chi connectivity index (χ3v) is 7.25. The van der Waals surface area contributed by atoms with Crippen LogP contribution in [-0.4, -0.2) is 28.9 Å². The summed E-state index contributed by atoms with van der Waals surface area (Å²) in [4.78, 5) is 10.4. The van der Waals surface area contributed by atoms with Crippen molar-refractivity contribution < 1.29 is 13.3 Å². The van der Waals surface area contributed by atoms with Gasteiger partial charge in [0.2, 0.25) is 10.0 Å². The van der Waals surface area contributed by atoms with Crippen molar-refractivity contribution in [1.82, 2.24) is 4.31 Å². The van der Waals surface area contributed by atoms with Crippen LogP contribution < -0.4 is 0 Å². The molecule has 0 fully saturated rings. The van der Waals surface area contributed by atoms with Crippen LogP contribution in [0, 0.1) is 10.1 Å². The third kappa shape index (κ3) is 3.31. The van der Waals surface area contributed by atoms with Crippen LogP contribution in [0.1, 0.15) is 38.2 Å². The Kier molecular flexibility index (Phi) is 4.75. The number of nitrogens with zero attached hydrogens (tertiary/aromatic N) is 2. The van der Waals surface area contributed by atoms with Crippen LogP contribution in [0.3, 0.4) is 0 Å². The highest BCUT2D eigenvalue weighted by atomic mass is 32.2. The molecule has 0 saturated carbocycles. The van der Waals surface area contributed by atoms with Crippen molar-refractivity contribution in [2.45, 2.75) is 37.4 Å². The average molecular weight is 374 g/mol. The maximum Gasteiger partial charge on any atom is 0.269 e. The summed E-state index contributed by atoms with van der Waals surface area (Å²) >= 11 is 0. The van der Waals surface area contributed by atoms with Crippen LogP contribution in [0.25, 0.3) is 5.57 Å². The monoisotopic (exact) mass is 374 g/mol. The molecule has 138 valence electrons. The first-order valence-corrected chi connectivity index (χ1v) is 9.98. The fourth-order valence-electron chi connectivity index (χ4n) is 3.55. The predicted octanol–water partition coefficient (Wildman–Crippen LogP) is 4.03. The molecule has 1 aromatic rings. The minimum absolute atomic E-state index is 0.0119. The van der Waals surface area contributed by atoms with Crippen molar-refractivity contribution in [2.75, 3.05) is 6.54 Å². The molecule has 7 heteroatoms. The standard InChI is InChI=1S/C19H22N2O4S/c1-15-12-17(16-6-8-18(9-7-16)21(22)23)14-19(2,13-15)26(24,25)20-10-4-3-5-11-20/h4,6-10,14H,1,3,5,11-13H2,2H3. The van der Waals surface area contributed by atoms with E-state index >= 15 is 0 Å². The summed E-state index contributed by atoms with van der Waals surface area (Å²) in [5.74, 6) is 0. The molecule has 3 rings (SSSR count). The molecule has 0 amide bonds. The number of non-ortho nitro benzene ring substituents is 1. The van der Waals surface area contributed by atoms with Crippen LogP contribution in [0.5, 0.6) is 0 Å². The predicted molar refractivity (Wildman–Crippen MR) is 102 cm³/mol. The Morgan fingerprint density at radius 3 is 2.54 bits per heavy atom. The van der Waals surface area contributed by atoms with Gasteiger partial charge in [0, 0.05) is 24.9 Å². The van der Waals surface area contributed by atoms with E-state index in [4.69, 9.17) is 0 Å². The Balaban J connectivity index is 2.00. The molecule has 0 spiro atoms. The largest absolute Gasteiger partial charge is 0.277 e. The highest BCUT2D eigenvalue weighted by Gasteiger charge is 2.43. The van der Waals surface area contributed by atoms with Gasteiger partial charge >= 0.3 is 0 Å². The van der Waals surface area contributed by atoms with Crippen molar-refractivity contribution in [2.24, 2.45) is 0 Å². The van der Waals surface area contributed by atoms with Crippen LogP contribution >= 0.6 is 0 Å². The zero-order valence-electron chi connectivity index (χ0n) is 14.7. The van der Waals surface area contributed by atoms with Gasteiger partial charge in [0.15, 0.2) is 0 Å². The van der Waals surface area contributed by atoms with Gasteiger partial charge < -0.3 is 0 Å². The zero-order valence-corrected chi connectivity index (χ0v) is 15.5. The molecule has 0 N–H and O–H groups in total. The maximum atomic E-state index is 13.2. The molecule has 0 bridgehead atoms. The van der Waals surface area contributed by atoms with Crippen LogP contribution in [0.2, 0.25) is 0 Å². The van der Waals surface area contributed by atoms with Crippen molar-refractivity contribution in [3.63, 3.8) is 0 Å². The molecule has 1 aromatic carbocycles. The Labute approximate surface area is 153 Å². The summed E-state index contributed by atoms with van der Waals surface area (Å²) in [5, 5.41) is 10.8. The molecule has 2 aliphatic rings. The van der Waals surface area contributed by atoms with E-state index < -0.39 is 19.7 Å². The topological polar surface area (TPSA) is 80.5 Å². The van der Waals surface area contributed by atoms with Crippen LogP contribution in [0.15, 0.2) is 54.8 Å². The van der Waals surface area contributed by atoms with Gasteiger partial charge in [0.25, 0.3) is 5.69 Å². The molecule has 1 aliphatic heterocycles. The lowest BCUT2D eigenvalue weighted by Crippen LogP contribution is -2.45. The second kappa shape index (κ2) is 6.72. The fraction of sp³-hybridized carbons (Fsp3) is 0.368. The molecule has 0 aromatic heterocycles. The summed E-state index contributed by atoms with van der Waals surface area (Å²) in [6.07, 6.45) is 7.96. The van der Waals surface area contributed by atoms with E-state index in [9.17, 15) is 18.5 Å². The van der Waals surface area contributed by atoms with Gasteiger partial charge in [0.1, 0.15) is 4.75 Å². The second-order valence-corrected chi connectivity index (χ2v) is 9.38. The smallest absolute Gasteiger partial charge is 0.269 e. The lowest BCUT2D eigenvalue weighted by Gasteiger charge is -2.37. The highest BCUT2D eigenvalue weighted by molar-refractivity contribution is 7.90. The van der Waals surface area contributed by atoms with Gasteiger partial charge in [-0.2, -0.15) is 0 Å². The first-order chi connectivity index (χ1) is 12.2. The molecule has 0 saturated heterocycles. The molecule has 1 atom stereocenters. The van der Waals surface area contributed by atoms with Crippen LogP contribution in [0.4, 0.5) is 5.69 Å². The molecule has 6 nitrogen and oxygen atoms in total. The summed E-state index contributed by atoms with van der Waals surface area (Å²) in [6, 6.07) is 6.20. The van der Waals surface area contributed by atoms with E-state index in [1.807, 2.05) is 6.08 Å². The molecule has 26 heavy (non-hydrogen) atoms. The minimum Gasteiger partial charge on any atom is -0.277 e. The number of nitro groups is 1. The lowest BCUT2D eigenvalue weighted by atomic mass is 9.85. The van der Waals surface area contributed by atoms with Gasteiger partial charge in [-0.25, -0.2) is 8.42 Å². The third-order valence-electron chi connectivity index (χ3n) is 4.89. The summed E-state index contributed by atoms with van der Waals surface area (Å²) in [7, 11) is -3.58. The normalized spacial score (nSPS) is 23.7. The van der Waals surface area contributed by atoms with Crippen molar-refractivity contribution in [3.8, 4) is 0 Å². The van der Waals surface area contributed by atoms with E-state index in [1.165, 1.54) is 16.4 Å². The number of allylic oxidation sites excluding steroid dienone is 3. The van der Waals surface area contributed by atoms with Crippen LogP contribution in [-0.2, 0) is 10.0 Å². The molecular formula is C19H22N2O4S. The van der Waals surface area contributed by atoms with E-state index in [2.05, 4.69) is 6.58 Å². The molecule has 1 heterocycles. The van der Waals surface area contributed by atoms with Gasteiger partial charge in [-0.3, -0.25) is 14.4 Å². The quantitative estimate of drug-likeness (QED) is 0.453. The van der Waals surface area contributed by atoms with E-state index in [0.29, 0.717) is 19.4 Å². The summed E-state index contributed by atoms with van der Waals surface area (Å²) in [5.41, 5.74) is 2.47. The van der Waals surface area contributed by atoms with E-state index in [1.54, 1.807) is 31.3 Å². The molecule has 0 radical (unpaired) electrons. The fourth-order valence-corrected chi connectivity index (χ4v) is 5.38. The van der Waals surface area contributed by atoms with Crippen molar-refractivity contribution in [1.29, 1.82) is 0 Å². The molecular weight excluding hydrogens is 352 g/mol. The number of sulfonamides is 1. The Morgan fingerprint density at radius 2 is 1.96 bits per heavy atom. The van der Waals surface area contributed by atoms with Crippen molar-refractivity contribution >= 4 is 21.3 Å². The number of hydrogen-bond donors (Lipinski definition) is 0. The zero-order chi connectivity index (χ0) is 18.9. The second-order valence-electron chi connectivity index (χ2n) is 7.03. The number of nitro benzene ring substituents is 1. The van der Waals surface area contributed by atoms with Gasteiger partial charge in [0.05, 0.1) is 4.92 Å². The lowest BCUT2D eigenvalue weighted by molar-refractivity contribution is -0.384. The number of hydrogen-bond acceptors (Lipinski definition) is 4. The van der Waals surface area contributed by atoms with Crippen molar-refractivity contribution in [3.05, 3.63) is 70.4 Å². The number of rotatable bonds is 4. The highest BCUT2D eigenvalue weighted by Crippen LogP contribution is 2.41. The first kappa shape index (κ1) is 18.4. The average Bonchev–Trinajstić information content (AvgIpc) is 2.61. The minimum atomic E-state index is -3.58. The van der Waals surface area contributed by atoms with Gasteiger partial charge in [-0.1, -0.05) is 24.3 Å². The van der Waals surface area contributed by atoms with E-state index in [-0.39, 0.29) is 5.69 Å². The summed E-state index contributed by atoms with van der Waals surface area (Å²) in [6.45, 7) is 6.25.